The molecule has 9 heteroatoms. The molecule has 6 rings (SSSR count). The van der Waals surface area contributed by atoms with Gasteiger partial charge in [0.15, 0.2) is 5.82 Å². The molecule has 168 valence electrons. The summed E-state index contributed by atoms with van der Waals surface area (Å²) in [5, 5.41) is 6.84. The molecule has 0 aliphatic carbocycles. The van der Waals surface area contributed by atoms with Crippen molar-refractivity contribution in [3.05, 3.63) is 60.5 Å². The zero-order chi connectivity index (χ0) is 22.2. The van der Waals surface area contributed by atoms with Crippen molar-refractivity contribution in [3.8, 4) is 33.9 Å². The van der Waals surface area contributed by atoms with E-state index in [1.165, 1.54) is 6.07 Å². The lowest BCUT2D eigenvalue weighted by Crippen LogP contribution is -2.14. The lowest BCUT2D eigenvalue weighted by Gasteiger charge is -2.07. The van der Waals surface area contributed by atoms with E-state index in [9.17, 15) is 4.39 Å². The number of benzene rings is 1. The summed E-state index contributed by atoms with van der Waals surface area (Å²) in [5.74, 6) is 1.93. The van der Waals surface area contributed by atoms with Gasteiger partial charge in [-0.25, -0.2) is 24.3 Å². The fourth-order valence-corrected chi connectivity index (χ4v) is 4.64. The highest BCUT2D eigenvalue weighted by molar-refractivity contribution is 5.66. The van der Waals surface area contributed by atoms with Gasteiger partial charge in [0.2, 0.25) is 0 Å². The third-order valence-corrected chi connectivity index (χ3v) is 6.45. The topological polar surface area (TPSA) is 107 Å². The highest BCUT2D eigenvalue weighted by Crippen LogP contribution is 2.29. The molecule has 5 heterocycles. The maximum Gasteiger partial charge on any atom is 0.159 e. The Kier molecular flexibility index (Phi) is 5.20. The minimum Gasteiger partial charge on any atom is -0.341 e. The third-order valence-electron chi connectivity index (χ3n) is 6.45. The lowest BCUT2D eigenvalue weighted by atomic mass is 10.1. The summed E-state index contributed by atoms with van der Waals surface area (Å²) in [6, 6.07) is 5.55. The van der Waals surface area contributed by atoms with E-state index in [-0.39, 0.29) is 17.9 Å². The van der Waals surface area contributed by atoms with Gasteiger partial charge >= 0.3 is 0 Å². The molecule has 33 heavy (non-hydrogen) atoms. The number of hydrogen-bond acceptors (Lipinski definition) is 6. The van der Waals surface area contributed by atoms with Crippen LogP contribution in [-0.2, 0) is 0 Å². The first kappa shape index (κ1) is 20.2. The molecule has 4 aromatic rings. The fraction of sp³-hybridized carbons (Fsp3) is 0.333. The Morgan fingerprint density at radius 2 is 1.36 bits per heavy atom. The molecule has 8 nitrogen and oxygen atoms in total. The maximum atomic E-state index is 15.0. The van der Waals surface area contributed by atoms with Gasteiger partial charge in [-0.3, -0.25) is 0 Å². The summed E-state index contributed by atoms with van der Waals surface area (Å²) in [4.78, 5) is 24.5. The first-order valence-electron chi connectivity index (χ1n) is 11.4. The van der Waals surface area contributed by atoms with Gasteiger partial charge < -0.3 is 20.6 Å². The normalized spacial score (nSPS) is 20.5. The minimum atomic E-state index is -0.336. The molecule has 2 aliphatic rings. The molecule has 3 aromatic heterocycles. The monoisotopic (exact) mass is 444 g/mol. The third kappa shape index (κ3) is 3.94. The van der Waals surface area contributed by atoms with Crippen molar-refractivity contribution in [1.29, 1.82) is 0 Å². The highest BCUT2D eigenvalue weighted by Gasteiger charge is 2.21. The quantitative estimate of drug-likeness (QED) is 0.372. The molecule has 0 radical (unpaired) electrons. The van der Waals surface area contributed by atoms with Crippen LogP contribution in [0.25, 0.3) is 33.9 Å². The molecule has 0 saturated carbocycles. The average Bonchev–Trinajstić information content (AvgIpc) is 3.64. The van der Waals surface area contributed by atoms with Gasteiger partial charge in [-0.05, 0) is 50.9 Å². The summed E-state index contributed by atoms with van der Waals surface area (Å²) >= 11 is 0. The first-order chi connectivity index (χ1) is 16.2. The van der Waals surface area contributed by atoms with E-state index in [0.29, 0.717) is 22.6 Å². The Morgan fingerprint density at radius 1 is 0.727 bits per heavy atom. The number of rotatable bonds is 5. The maximum absolute atomic E-state index is 15.0. The standard InChI is InChI=1S/C24H25FN8/c25-17-9-14(5-6-16(17)21-13-31-24(33-21)19-4-2-8-27-19)22-28-10-15(11-29-22)20-12-30-23(32-20)18-3-1-7-26-18/h5-6,9-13,18-19,26-27H,1-4,7-8H2,(H,30,32)(H,31,33)/t18-,19?/m0/s1. The van der Waals surface area contributed by atoms with Crippen LogP contribution in [0.4, 0.5) is 4.39 Å². The van der Waals surface area contributed by atoms with E-state index >= 15 is 0 Å². The molecule has 4 N–H and O–H groups in total. The summed E-state index contributed by atoms with van der Waals surface area (Å²) in [5.41, 5.74) is 3.50. The summed E-state index contributed by atoms with van der Waals surface area (Å²) in [6.45, 7) is 2.01. The minimum absolute atomic E-state index is 0.216. The van der Waals surface area contributed by atoms with Crippen LogP contribution >= 0.6 is 0 Å². The van der Waals surface area contributed by atoms with Crippen LogP contribution in [0.2, 0.25) is 0 Å². The Bertz CT molecular complexity index is 1250. The highest BCUT2D eigenvalue weighted by atomic mass is 19.1. The number of nitrogens with zero attached hydrogens (tertiary/aromatic N) is 4. The second kappa shape index (κ2) is 8.49. The van der Waals surface area contributed by atoms with E-state index in [2.05, 4.69) is 40.5 Å². The van der Waals surface area contributed by atoms with E-state index in [0.717, 1.165) is 61.7 Å². The van der Waals surface area contributed by atoms with Gasteiger partial charge in [0, 0.05) is 29.1 Å². The smallest absolute Gasteiger partial charge is 0.159 e. The van der Waals surface area contributed by atoms with Gasteiger partial charge in [0.1, 0.15) is 17.5 Å². The Balaban J connectivity index is 1.20. The van der Waals surface area contributed by atoms with Crippen LogP contribution in [0.15, 0.2) is 43.0 Å². The Morgan fingerprint density at radius 3 is 1.97 bits per heavy atom. The predicted molar refractivity (Wildman–Crippen MR) is 123 cm³/mol. The first-order valence-corrected chi connectivity index (χ1v) is 11.4. The zero-order valence-electron chi connectivity index (χ0n) is 18.1. The number of H-pyrrole nitrogens is 2. The molecule has 0 spiro atoms. The van der Waals surface area contributed by atoms with Crippen molar-refractivity contribution < 1.29 is 4.39 Å². The largest absolute Gasteiger partial charge is 0.341 e. The van der Waals surface area contributed by atoms with Crippen molar-refractivity contribution in [2.24, 2.45) is 0 Å². The van der Waals surface area contributed by atoms with Crippen LogP contribution in [0.1, 0.15) is 49.4 Å². The summed E-state index contributed by atoms with van der Waals surface area (Å²) in [7, 11) is 0. The molecular weight excluding hydrogens is 419 g/mol. The van der Waals surface area contributed by atoms with E-state index in [1.54, 1.807) is 24.7 Å². The second-order valence-electron chi connectivity index (χ2n) is 8.65. The van der Waals surface area contributed by atoms with Crippen LogP contribution in [0.3, 0.4) is 0 Å². The van der Waals surface area contributed by atoms with Crippen LogP contribution in [0, 0.1) is 5.82 Å². The molecular formula is C24H25FN8. The van der Waals surface area contributed by atoms with Gasteiger partial charge in [-0.15, -0.1) is 0 Å². The number of imidazole rings is 2. The van der Waals surface area contributed by atoms with E-state index in [1.807, 2.05) is 12.3 Å². The van der Waals surface area contributed by atoms with Crippen molar-refractivity contribution >= 4 is 0 Å². The second-order valence-corrected chi connectivity index (χ2v) is 8.65. The number of aromatic nitrogens is 6. The summed E-state index contributed by atoms with van der Waals surface area (Å²) < 4.78 is 15.0. The van der Waals surface area contributed by atoms with Gasteiger partial charge in [0.05, 0.1) is 35.9 Å². The molecule has 2 fully saturated rings. The number of aromatic amines is 2. The zero-order valence-corrected chi connectivity index (χ0v) is 18.1. The molecule has 2 atom stereocenters. The molecule has 0 amide bonds. The van der Waals surface area contributed by atoms with E-state index in [4.69, 9.17) is 0 Å². The van der Waals surface area contributed by atoms with Gasteiger partial charge in [-0.1, -0.05) is 6.07 Å². The fourth-order valence-electron chi connectivity index (χ4n) is 4.64. The number of nitrogens with one attached hydrogen (secondary N) is 4. The molecule has 2 aliphatic heterocycles. The lowest BCUT2D eigenvalue weighted by molar-refractivity contribution is 0.612. The van der Waals surface area contributed by atoms with Crippen molar-refractivity contribution in [2.75, 3.05) is 13.1 Å². The van der Waals surface area contributed by atoms with Crippen LogP contribution in [0.5, 0.6) is 0 Å². The number of halogens is 1. The van der Waals surface area contributed by atoms with Crippen LogP contribution < -0.4 is 10.6 Å². The van der Waals surface area contributed by atoms with Crippen molar-refractivity contribution in [3.63, 3.8) is 0 Å². The molecule has 1 aromatic carbocycles. The van der Waals surface area contributed by atoms with E-state index < -0.39 is 0 Å². The molecule has 1 unspecified atom stereocenters. The summed E-state index contributed by atoms with van der Waals surface area (Å²) in [6.07, 6.45) is 11.4. The molecule has 2 saturated heterocycles. The van der Waals surface area contributed by atoms with Crippen molar-refractivity contribution in [2.45, 2.75) is 37.8 Å². The average molecular weight is 445 g/mol. The Labute approximate surface area is 190 Å². The number of hydrogen-bond donors (Lipinski definition) is 4. The van der Waals surface area contributed by atoms with Crippen molar-refractivity contribution in [1.82, 2.24) is 40.5 Å². The molecule has 0 bridgehead atoms. The predicted octanol–water partition coefficient (Wildman–Crippen LogP) is 3.91. The van der Waals surface area contributed by atoms with Gasteiger partial charge in [-0.2, -0.15) is 0 Å². The Hall–Kier alpha value is -3.43. The van der Waals surface area contributed by atoms with Gasteiger partial charge in [0.25, 0.3) is 0 Å². The SMILES string of the molecule is Fc1cc(-c2ncc(-c3cnc([C@@H]4CCCN4)[nH]3)cn2)ccc1-c1cnc(C2CCCN2)[nH]1. The van der Waals surface area contributed by atoms with Crippen LogP contribution in [-0.4, -0.2) is 43.0 Å².